The second-order valence-electron chi connectivity index (χ2n) is 5.96. The number of aliphatic carboxylic acids is 1. The molecule has 4 nitrogen and oxygen atoms in total. The average Bonchev–Trinajstić information content (AvgIpc) is 2.99. The quantitative estimate of drug-likeness (QED) is 0.769. The molecule has 1 fully saturated rings. The summed E-state index contributed by atoms with van der Waals surface area (Å²) in [5.41, 5.74) is 0.978. The molecule has 1 N–H and O–H groups in total. The lowest BCUT2D eigenvalue weighted by atomic mass is 9.89. The SMILES string of the molecule is CC/C=C/c1csc(N(CCC(=O)O)CC2CCCCC2)n1. The van der Waals surface area contributed by atoms with Gasteiger partial charge < -0.3 is 10.0 Å². The molecule has 1 heterocycles. The minimum absolute atomic E-state index is 0.173. The second-order valence-corrected chi connectivity index (χ2v) is 6.80. The van der Waals surface area contributed by atoms with Crippen LogP contribution in [0.3, 0.4) is 0 Å². The Morgan fingerprint density at radius 2 is 2.23 bits per heavy atom. The Labute approximate surface area is 136 Å². The van der Waals surface area contributed by atoms with E-state index in [1.807, 2.05) is 6.08 Å². The molecule has 122 valence electrons. The number of thiazole rings is 1. The first-order chi connectivity index (χ1) is 10.7. The highest BCUT2D eigenvalue weighted by molar-refractivity contribution is 7.13. The van der Waals surface area contributed by atoms with E-state index in [0.717, 1.165) is 23.8 Å². The van der Waals surface area contributed by atoms with E-state index in [0.29, 0.717) is 12.5 Å². The fraction of sp³-hybridized carbons (Fsp3) is 0.647. The van der Waals surface area contributed by atoms with Crippen LogP contribution in [0.15, 0.2) is 11.5 Å². The van der Waals surface area contributed by atoms with Crippen molar-refractivity contribution in [3.05, 3.63) is 17.2 Å². The van der Waals surface area contributed by atoms with Crippen molar-refractivity contribution in [1.82, 2.24) is 4.98 Å². The molecule has 2 rings (SSSR count). The van der Waals surface area contributed by atoms with Crippen LogP contribution in [0.2, 0.25) is 0 Å². The van der Waals surface area contributed by atoms with E-state index in [9.17, 15) is 4.79 Å². The maximum Gasteiger partial charge on any atom is 0.305 e. The highest BCUT2D eigenvalue weighted by Crippen LogP contribution is 2.28. The number of nitrogens with zero attached hydrogens (tertiary/aromatic N) is 2. The summed E-state index contributed by atoms with van der Waals surface area (Å²) in [7, 11) is 0. The lowest BCUT2D eigenvalue weighted by Gasteiger charge is -2.29. The third-order valence-electron chi connectivity index (χ3n) is 4.10. The molecular weight excluding hydrogens is 296 g/mol. The van der Waals surface area contributed by atoms with Gasteiger partial charge in [-0.2, -0.15) is 0 Å². The minimum atomic E-state index is -0.740. The van der Waals surface area contributed by atoms with Crippen LogP contribution in [0.25, 0.3) is 6.08 Å². The molecule has 0 aromatic carbocycles. The van der Waals surface area contributed by atoms with Crippen molar-refractivity contribution in [2.45, 2.75) is 51.9 Å². The zero-order valence-corrected chi connectivity index (χ0v) is 14.1. The summed E-state index contributed by atoms with van der Waals surface area (Å²) in [6.45, 7) is 3.60. The van der Waals surface area contributed by atoms with Crippen LogP contribution < -0.4 is 4.90 Å². The molecule has 0 aliphatic heterocycles. The molecule has 0 amide bonds. The number of anilines is 1. The molecule has 0 saturated heterocycles. The molecule has 0 bridgehead atoms. The highest BCUT2D eigenvalue weighted by atomic mass is 32.1. The normalized spacial score (nSPS) is 16.2. The van der Waals surface area contributed by atoms with Crippen molar-refractivity contribution in [2.75, 3.05) is 18.0 Å². The van der Waals surface area contributed by atoms with Gasteiger partial charge in [-0.1, -0.05) is 32.3 Å². The molecule has 22 heavy (non-hydrogen) atoms. The molecule has 1 aromatic heterocycles. The summed E-state index contributed by atoms with van der Waals surface area (Å²) in [5, 5.41) is 12.0. The van der Waals surface area contributed by atoms with Crippen LogP contribution in [-0.2, 0) is 4.79 Å². The number of aromatic nitrogens is 1. The fourth-order valence-electron chi connectivity index (χ4n) is 2.91. The summed E-state index contributed by atoms with van der Waals surface area (Å²) in [4.78, 5) is 17.8. The van der Waals surface area contributed by atoms with E-state index in [2.05, 4.69) is 28.3 Å². The van der Waals surface area contributed by atoms with Crippen molar-refractivity contribution in [1.29, 1.82) is 0 Å². The van der Waals surface area contributed by atoms with Crippen LogP contribution in [0.1, 0.15) is 57.6 Å². The van der Waals surface area contributed by atoms with Crippen LogP contribution >= 0.6 is 11.3 Å². The number of carboxylic acids is 1. The van der Waals surface area contributed by atoms with Crippen LogP contribution in [0, 0.1) is 5.92 Å². The van der Waals surface area contributed by atoms with Gasteiger partial charge in [0.05, 0.1) is 12.1 Å². The Morgan fingerprint density at radius 3 is 2.91 bits per heavy atom. The molecule has 0 spiro atoms. The van der Waals surface area contributed by atoms with Crippen LogP contribution in [0.5, 0.6) is 0 Å². The molecular formula is C17H26N2O2S. The number of rotatable bonds is 8. The second kappa shape index (κ2) is 8.93. The summed E-state index contributed by atoms with van der Waals surface area (Å²) in [6.07, 6.45) is 11.8. The van der Waals surface area contributed by atoms with Gasteiger partial charge in [0, 0.05) is 18.5 Å². The largest absolute Gasteiger partial charge is 0.481 e. The van der Waals surface area contributed by atoms with E-state index in [1.165, 1.54) is 32.1 Å². The highest BCUT2D eigenvalue weighted by Gasteiger charge is 2.20. The Kier molecular flexibility index (Phi) is 6.90. The molecule has 1 aromatic rings. The van der Waals surface area contributed by atoms with Crippen molar-refractivity contribution in [2.24, 2.45) is 5.92 Å². The zero-order valence-electron chi connectivity index (χ0n) is 13.3. The standard InChI is InChI=1S/C17H26N2O2S/c1-2-3-9-15-13-22-17(18-15)19(11-10-16(20)21)12-14-7-5-4-6-8-14/h3,9,13-14H,2,4-8,10-12H2,1H3,(H,20,21)/b9-3+. The molecule has 5 heteroatoms. The topological polar surface area (TPSA) is 53.4 Å². The molecule has 0 unspecified atom stereocenters. The summed E-state index contributed by atoms with van der Waals surface area (Å²) >= 11 is 1.62. The lowest BCUT2D eigenvalue weighted by Crippen LogP contribution is -2.32. The predicted octanol–water partition coefficient (Wildman–Crippen LogP) is 4.43. The van der Waals surface area contributed by atoms with Crippen molar-refractivity contribution >= 4 is 28.5 Å². The van der Waals surface area contributed by atoms with Gasteiger partial charge in [0.1, 0.15) is 0 Å². The number of carboxylic acid groups (broad SMARTS) is 1. The van der Waals surface area contributed by atoms with E-state index in [1.54, 1.807) is 11.3 Å². The van der Waals surface area contributed by atoms with Crippen molar-refractivity contribution < 1.29 is 9.90 Å². The van der Waals surface area contributed by atoms with Crippen LogP contribution in [0.4, 0.5) is 5.13 Å². The molecule has 0 radical (unpaired) electrons. The molecule has 0 atom stereocenters. The lowest BCUT2D eigenvalue weighted by molar-refractivity contribution is -0.136. The third kappa shape index (κ3) is 5.44. The van der Waals surface area contributed by atoms with Gasteiger partial charge in [0.2, 0.25) is 0 Å². The van der Waals surface area contributed by atoms with Gasteiger partial charge in [-0.25, -0.2) is 4.98 Å². The van der Waals surface area contributed by atoms with Crippen molar-refractivity contribution in [3.8, 4) is 0 Å². The fourth-order valence-corrected chi connectivity index (χ4v) is 3.74. The monoisotopic (exact) mass is 322 g/mol. The van der Waals surface area contributed by atoms with E-state index in [4.69, 9.17) is 5.11 Å². The number of allylic oxidation sites excluding steroid dienone is 1. The van der Waals surface area contributed by atoms with Gasteiger partial charge in [0.25, 0.3) is 0 Å². The Hall–Kier alpha value is -1.36. The van der Waals surface area contributed by atoms with Gasteiger partial charge in [0.15, 0.2) is 5.13 Å². The summed E-state index contributed by atoms with van der Waals surface area (Å²) in [5.74, 6) is -0.0580. The van der Waals surface area contributed by atoms with E-state index >= 15 is 0 Å². The molecule has 1 aliphatic rings. The number of carbonyl (C=O) groups is 1. The van der Waals surface area contributed by atoms with Gasteiger partial charge in [-0.15, -0.1) is 11.3 Å². The predicted molar refractivity (Wildman–Crippen MR) is 92.5 cm³/mol. The smallest absolute Gasteiger partial charge is 0.305 e. The summed E-state index contributed by atoms with van der Waals surface area (Å²) < 4.78 is 0. The average molecular weight is 322 g/mol. The zero-order chi connectivity index (χ0) is 15.8. The van der Waals surface area contributed by atoms with E-state index in [-0.39, 0.29) is 6.42 Å². The van der Waals surface area contributed by atoms with Gasteiger partial charge in [-0.05, 0) is 31.3 Å². The maximum absolute atomic E-state index is 10.9. The Balaban J connectivity index is 2.03. The molecule has 1 aliphatic carbocycles. The Bertz CT molecular complexity index is 493. The summed E-state index contributed by atoms with van der Waals surface area (Å²) in [6, 6.07) is 0. The van der Waals surface area contributed by atoms with Gasteiger partial charge in [-0.3, -0.25) is 4.79 Å². The first-order valence-corrected chi connectivity index (χ1v) is 9.15. The van der Waals surface area contributed by atoms with Gasteiger partial charge >= 0.3 is 5.97 Å². The minimum Gasteiger partial charge on any atom is -0.481 e. The third-order valence-corrected chi connectivity index (χ3v) is 5.02. The van der Waals surface area contributed by atoms with Crippen LogP contribution in [-0.4, -0.2) is 29.1 Å². The van der Waals surface area contributed by atoms with E-state index < -0.39 is 5.97 Å². The number of hydrogen-bond acceptors (Lipinski definition) is 4. The first-order valence-electron chi connectivity index (χ1n) is 8.28. The maximum atomic E-state index is 10.9. The Morgan fingerprint density at radius 1 is 1.45 bits per heavy atom. The molecule has 1 saturated carbocycles. The number of hydrogen-bond donors (Lipinski definition) is 1. The van der Waals surface area contributed by atoms with Crippen molar-refractivity contribution in [3.63, 3.8) is 0 Å². The first kappa shape index (κ1) is 17.0.